The summed E-state index contributed by atoms with van der Waals surface area (Å²) in [5.74, 6) is 0. The van der Waals surface area contributed by atoms with Gasteiger partial charge in [0.1, 0.15) is 23.1 Å². The fourth-order valence-corrected chi connectivity index (χ4v) is 7.96. The first-order valence-electron chi connectivity index (χ1n) is 17.2. The Kier molecular flexibility index (Phi) is 5.89. The summed E-state index contributed by atoms with van der Waals surface area (Å²) in [6.45, 7) is 0. The monoisotopic (exact) mass is 652 g/mol. The molecular weight excluding hydrogens is 625 g/mol. The van der Waals surface area contributed by atoms with Crippen molar-refractivity contribution in [3.63, 3.8) is 0 Å². The quantitative estimate of drug-likeness (QED) is 0.190. The van der Waals surface area contributed by atoms with Crippen molar-refractivity contribution < 1.29 is 4.42 Å². The average molecular weight is 653 g/mol. The zero-order valence-electron chi connectivity index (χ0n) is 27.4. The van der Waals surface area contributed by atoms with Crippen LogP contribution in [-0.4, -0.2) is 19.1 Å². The topological polar surface area (TPSA) is 48.8 Å². The fraction of sp³-hybridized carbons (Fsp3) is 0. The molecule has 5 nitrogen and oxygen atoms in total. The second-order valence-corrected chi connectivity index (χ2v) is 13.1. The van der Waals surface area contributed by atoms with E-state index in [1.54, 1.807) is 6.33 Å². The van der Waals surface area contributed by atoms with Crippen LogP contribution in [0.3, 0.4) is 0 Å². The van der Waals surface area contributed by atoms with Crippen LogP contribution in [0.2, 0.25) is 0 Å². The molecule has 0 saturated heterocycles. The minimum Gasteiger partial charge on any atom is -0.452 e. The summed E-state index contributed by atoms with van der Waals surface area (Å²) in [5, 5.41) is 5.91. The summed E-state index contributed by atoms with van der Waals surface area (Å²) in [5.41, 5.74) is 13.4. The van der Waals surface area contributed by atoms with Crippen molar-refractivity contribution in [3.8, 4) is 33.8 Å². The van der Waals surface area contributed by atoms with Crippen molar-refractivity contribution >= 4 is 65.7 Å². The van der Waals surface area contributed by atoms with Crippen LogP contribution in [0, 0.1) is 0 Å². The molecule has 0 atom stereocenters. The lowest BCUT2D eigenvalue weighted by Gasteiger charge is -2.11. The molecule has 5 heteroatoms. The molecule has 51 heavy (non-hydrogen) atoms. The van der Waals surface area contributed by atoms with Crippen molar-refractivity contribution in [2.75, 3.05) is 0 Å². The summed E-state index contributed by atoms with van der Waals surface area (Å²) in [4.78, 5) is 9.29. The molecule has 0 saturated carbocycles. The van der Waals surface area contributed by atoms with E-state index in [0.29, 0.717) is 5.58 Å². The molecule has 0 unspecified atom stereocenters. The van der Waals surface area contributed by atoms with E-state index in [-0.39, 0.29) is 0 Å². The molecule has 11 rings (SSSR count). The van der Waals surface area contributed by atoms with Gasteiger partial charge in [0.05, 0.1) is 22.1 Å². The minimum absolute atomic E-state index is 0.701. The Morgan fingerprint density at radius 3 is 1.67 bits per heavy atom. The van der Waals surface area contributed by atoms with Crippen LogP contribution < -0.4 is 0 Å². The number of aromatic nitrogens is 4. The number of furan rings is 1. The highest BCUT2D eigenvalue weighted by Gasteiger charge is 2.18. The van der Waals surface area contributed by atoms with Crippen LogP contribution in [0.4, 0.5) is 0 Å². The molecule has 11 aromatic rings. The molecule has 0 fully saturated rings. The summed E-state index contributed by atoms with van der Waals surface area (Å²) < 4.78 is 11.0. The van der Waals surface area contributed by atoms with Crippen LogP contribution in [0.1, 0.15) is 0 Å². The maximum absolute atomic E-state index is 6.31. The fourth-order valence-electron chi connectivity index (χ4n) is 7.96. The van der Waals surface area contributed by atoms with E-state index in [1.807, 2.05) is 24.3 Å². The molecule has 0 aliphatic carbocycles. The van der Waals surface area contributed by atoms with Gasteiger partial charge in [-0.1, -0.05) is 91.0 Å². The summed E-state index contributed by atoms with van der Waals surface area (Å²) >= 11 is 0. The molecule has 0 N–H and O–H groups in total. The molecule has 4 heterocycles. The zero-order valence-corrected chi connectivity index (χ0v) is 27.4. The number of hydrogen-bond acceptors (Lipinski definition) is 3. The molecule has 0 spiro atoms. The van der Waals surface area contributed by atoms with Crippen molar-refractivity contribution in [2.45, 2.75) is 0 Å². The van der Waals surface area contributed by atoms with E-state index in [0.717, 1.165) is 50.2 Å². The van der Waals surface area contributed by atoms with Crippen LogP contribution in [0.5, 0.6) is 0 Å². The van der Waals surface area contributed by atoms with E-state index < -0.39 is 0 Å². The largest absolute Gasteiger partial charge is 0.452 e. The third kappa shape index (κ3) is 4.15. The maximum Gasteiger partial charge on any atom is 0.180 e. The smallest absolute Gasteiger partial charge is 0.180 e. The number of benzene rings is 7. The van der Waals surface area contributed by atoms with Gasteiger partial charge in [0.15, 0.2) is 5.58 Å². The van der Waals surface area contributed by atoms with E-state index >= 15 is 0 Å². The highest BCUT2D eigenvalue weighted by Crippen LogP contribution is 2.39. The van der Waals surface area contributed by atoms with E-state index in [2.05, 4.69) is 154 Å². The van der Waals surface area contributed by atoms with Gasteiger partial charge in [0.25, 0.3) is 0 Å². The third-order valence-electron chi connectivity index (χ3n) is 10.2. The maximum atomic E-state index is 6.31. The lowest BCUT2D eigenvalue weighted by Crippen LogP contribution is -1.95. The van der Waals surface area contributed by atoms with Gasteiger partial charge in [0, 0.05) is 43.9 Å². The SMILES string of the molecule is c1ccc(-n2c3ccccc3c3cc(-c4ccc5c(c4)c4ccccc4n5-c4cccc(-c5ncnc6c5oc5ccccc56)c4)ccc32)cc1. The molecule has 7 aromatic carbocycles. The minimum atomic E-state index is 0.701. The number of fused-ring (bicyclic) bond motifs is 9. The predicted molar refractivity (Wildman–Crippen MR) is 209 cm³/mol. The number of rotatable bonds is 4. The van der Waals surface area contributed by atoms with Gasteiger partial charge in [-0.15, -0.1) is 0 Å². The van der Waals surface area contributed by atoms with Gasteiger partial charge in [-0.2, -0.15) is 0 Å². The molecule has 0 amide bonds. The van der Waals surface area contributed by atoms with Gasteiger partial charge in [-0.3, -0.25) is 0 Å². The van der Waals surface area contributed by atoms with E-state index in [9.17, 15) is 0 Å². The first kappa shape index (κ1) is 27.9. The van der Waals surface area contributed by atoms with Crippen LogP contribution in [0.15, 0.2) is 175 Å². The molecule has 0 aliphatic rings. The third-order valence-corrected chi connectivity index (χ3v) is 10.2. The molecular formula is C46H28N4O. The predicted octanol–water partition coefficient (Wildman–Crippen LogP) is 11.9. The summed E-state index contributed by atoms with van der Waals surface area (Å²) in [7, 11) is 0. The Bertz CT molecular complexity index is 3150. The van der Waals surface area contributed by atoms with Gasteiger partial charge in [-0.05, 0) is 83.9 Å². The highest BCUT2D eigenvalue weighted by atomic mass is 16.3. The van der Waals surface area contributed by atoms with Gasteiger partial charge in [0.2, 0.25) is 0 Å². The molecule has 238 valence electrons. The van der Waals surface area contributed by atoms with Gasteiger partial charge >= 0.3 is 0 Å². The van der Waals surface area contributed by atoms with Crippen LogP contribution in [0.25, 0.3) is 99.4 Å². The molecule has 4 aromatic heterocycles. The zero-order chi connectivity index (χ0) is 33.5. The Labute approximate surface area is 292 Å². The van der Waals surface area contributed by atoms with Crippen molar-refractivity contribution in [1.82, 2.24) is 19.1 Å². The van der Waals surface area contributed by atoms with Crippen molar-refractivity contribution in [3.05, 3.63) is 170 Å². The summed E-state index contributed by atoms with van der Waals surface area (Å²) in [6, 6.07) is 58.2. The van der Waals surface area contributed by atoms with Crippen molar-refractivity contribution in [2.24, 2.45) is 0 Å². The lowest BCUT2D eigenvalue weighted by atomic mass is 10.0. The molecule has 0 aliphatic heterocycles. The second-order valence-electron chi connectivity index (χ2n) is 13.1. The highest BCUT2D eigenvalue weighted by molar-refractivity contribution is 6.13. The van der Waals surface area contributed by atoms with E-state index in [1.165, 1.54) is 43.7 Å². The Hall–Kier alpha value is -6.98. The Morgan fingerprint density at radius 2 is 0.961 bits per heavy atom. The average Bonchev–Trinajstić information content (AvgIpc) is 3.85. The molecule has 0 radical (unpaired) electrons. The van der Waals surface area contributed by atoms with E-state index in [4.69, 9.17) is 9.40 Å². The lowest BCUT2D eigenvalue weighted by molar-refractivity contribution is 0.667. The summed E-state index contributed by atoms with van der Waals surface area (Å²) in [6.07, 6.45) is 1.63. The van der Waals surface area contributed by atoms with Crippen LogP contribution in [-0.2, 0) is 0 Å². The second kappa shape index (κ2) is 10.8. The van der Waals surface area contributed by atoms with Gasteiger partial charge < -0.3 is 13.6 Å². The molecule has 0 bridgehead atoms. The first-order chi connectivity index (χ1) is 25.3. The first-order valence-corrected chi connectivity index (χ1v) is 17.2. The Morgan fingerprint density at radius 1 is 0.392 bits per heavy atom. The van der Waals surface area contributed by atoms with Crippen LogP contribution >= 0.6 is 0 Å². The Balaban J connectivity index is 1.07. The normalized spacial score (nSPS) is 11.9. The van der Waals surface area contributed by atoms with Crippen molar-refractivity contribution in [1.29, 1.82) is 0 Å². The standard InChI is InChI=1S/C46H28N4O/c1-2-12-32(13-3-1)49-39-18-7-4-15-34(39)37-26-29(21-23-41(37)49)30-22-24-42-38(27-30)35-16-5-8-19-40(35)50(42)33-14-10-11-31(25-33)44-46-45(48-28-47-44)36-17-6-9-20-43(36)51-46/h1-28H. The van der Waals surface area contributed by atoms with Gasteiger partial charge in [-0.25, -0.2) is 9.97 Å². The number of para-hydroxylation sites is 4. The number of hydrogen-bond donors (Lipinski definition) is 0. The number of nitrogens with zero attached hydrogens (tertiary/aromatic N) is 4.